The summed E-state index contributed by atoms with van der Waals surface area (Å²) in [6.45, 7) is 6.32. The highest BCUT2D eigenvalue weighted by Gasteiger charge is 2.26. The van der Waals surface area contributed by atoms with Crippen molar-refractivity contribution in [2.45, 2.75) is 39.3 Å². The molecule has 28 heavy (non-hydrogen) atoms. The number of benzene rings is 1. The minimum atomic E-state index is -0.447. The van der Waals surface area contributed by atoms with Crippen LogP contribution in [0.4, 0.5) is 15.9 Å². The second-order valence-electron chi connectivity index (χ2n) is 7.23. The molecular weight excluding hydrogens is 361 g/mol. The Morgan fingerprint density at radius 3 is 2.75 bits per heavy atom. The van der Waals surface area contributed by atoms with Gasteiger partial charge in [0.05, 0.1) is 17.6 Å². The maximum absolute atomic E-state index is 14.1. The normalized spacial score (nSPS) is 11.8. The van der Waals surface area contributed by atoms with E-state index in [1.165, 1.54) is 19.5 Å². The topological polar surface area (TPSA) is 95.1 Å². The van der Waals surface area contributed by atoms with E-state index in [4.69, 9.17) is 10.5 Å². The number of nitrogens with one attached hydrogen (secondary N) is 1. The van der Waals surface area contributed by atoms with Crippen LogP contribution in [0.3, 0.4) is 0 Å². The number of nitrogens with zero attached hydrogens (tertiary/aromatic N) is 3. The van der Waals surface area contributed by atoms with Crippen molar-refractivity contribution >= 4 is 28.4 Å². The molecule has 0 bridgehead atoms. The summed E-state index contributed by atoms with van der Waals surface area (Å²) in [5, 5.41) is 3.21. The number of carbonyl (C=O) groups is 1. The van der Waals surface area contributed by atoms with E-state index in [-0.39, 0.29) is 18.0 Å². The van der Waals surface area contributed by atoms with Gasteiger partial charge in [0.2, 0.25) is 0 Å². The molecule has 148 valence electrons. The molecule has 3 N–H and O–H groups in total. The van der Waals surface area contributed by atoms with E-state index >= 15 is 0 Å². The lowest BCUT2D eigenvalue weighted by atomic mass is 10.0. The molecule has 2 heterocycles. The van der Waals surface area contributed by atoms with Gasteiger partial charge in [-0.3, -0.25) is 4.79 Å². The number of fused-ring (bicyclic) bond motifs is 1. The molecule has 0 radical (unpaired) electrons. The number of nitrogens with two attached hydrogens (primary N) is 1. The van der Waals surface area contributed by atoms with Crippen molar-refractivity contribution in [1.29, 1.82) is 0 Å². The van der Waals surface area contributed by atoms with E-state index < -0.39 is 11.7 Å². The second-order valence-corrected chi connectivity index (χ2v) is 7.23. The number of hydrogen-bond donors (Lipinski definition) is 2. The summed E-state index contributed by atoms with van der Waals surface area (Å²) < 4.78 is 21.0. The van der Waals surface area contributed by atoms with Crippen LogP contribution in [-0.4, -0.2) is 27.6 Å². The zero-order chi connectivity index (χ0) is 20.5. The molecule has 0 aliphatic rings. The third-order valence-corrected chi connectivity index (χ3v) is 4.99. The minimum absolute atomic E-state index is 0.160. The lowest BCUT2D eigenvalue weighted by Crippen LogP contribution is -2.24. The van der Waals surface area contributed by atoms with Gasteiger partial charge in [-0.25, -0.2) is 14.4 Å². The molecule has 2 aromatic heterocycles. The summed E-state index contributed by atoms with van der Waals surface area (Å²) in [7, 11) is 1.50. The predicted molar refractivity (Wildman–Crippen MR) is 107 cm³/mol. The van der Waals surface area contributed by atoms with Crippen molar-refractivity contribution in [2.75, 3.05) is 18.2 Å². The highest BCUT2D eigenvalue weighted by Crippen LogP contribution is 2.31. The van der Waals surface area contributed by atoms with E-state index in [1.54, 1.807) is 18.3 Å². The zero-order valence-corrected chi connectivity index (χ0v) is 16.4. The second kappa shape index (κ2) is 7.55. The number of halogens is 1. The molecule has 0 aliphatic heterocycles. The van der Waals surface area contributed by atoms with Crippen LogP contribution in [0.15, 0.2) is 30.7 Å². The maximum Gasteiger partial charge on any atom is 0.258 e. The van der Waals surface area contributed by atoms with E-state index in [1.807, 2.05) is 4.57 Å². The fourth-order valence-electron chi connectivity index (χ4n) is 2.99. The van der Waals surface area contributed by atoms with Crippen LogP contribution in [0.2, 0.25) is 0 Å². The van der Waals surface area contributed by atoms with Crippen molar-refractivity contribution < 1.29 is 13.9 Å². The lowest BCUT2D eigenvalue weighted by molar-refractivity contribution is 0.102. The molecule has 0 unspecified atom stereocenters. The summed E-state index contributed by atoms with van der Waals surface area (Å²) in [5.74, 6) is -0.629. The van der Waals surface area contributed by atoms with Gasteiger partial charge in [-0.15, -0.1) is 0 Å². The maximum atomic E-state index is 14.1. The van der Waals surface area contributed by atoms with Crippen LogP contribution >= 0.6 is 0 Å². The van der Waals surface area contributed by atoms with Crippen molar-refractivity contribution in [3.8, 4) is 0 Å². The number of hydrogen-bond acceptors (Lipinski definition) is 5. The predicted octanol–water partition coefficient (Wildman–Crippen LogP) is 3.70. The molecule has 1 aromatic carbocycles. The number of methoxy groups -OCH3 is 1. The highest BCUT2D eigenvalue weighted by atomic mass is 19.1. The molecule has 7 nitrogen and oxygen atoms in total. The Bertz CT molecular complexity index is 1030. The van der Waals surface area contributed by atoms with Gasteiger partial charge in [0.1, 0.15) is 23.6 Å². The first-order valence-electron chi connectivity index (χ1n) is 8.99. The third kappa shape index (κ3) is 3.55. The number of carbonyl (C=O) groups excluding carboxylic acids is 1. The van der Waals surface area contributed by atoms with Crippen molar-refractivity contribution in [1.82, 2.24) is 14.5 Å². The smallest absolute Gasteiger partial charge is 0.258 e. The van der Waals surface area contributed by atoms with Gasteiger partial charge in [-0.2, -0.15) is 0 Å². The number of ether oxygens (including phenoxy) is 1. The Hall–Kier alpha value is -3.00. The van der Waals surface area contributed by atoms with Crippen molar-refractivity contribution in [3.63, 3.8) is 0 Å². The summed E-state index contributed by atoms with van der Waals surface area (Å²) in [5.41, 5.74) is 7.46. The van der Waals surface area contributed by atoms with Crippen molar-refractivity contribution in [2.24, 2.45) is 0 Å². The van der Waals surface area contributed by atoms with Gasteiger partial charge in [0, 0.05) is 30.1 Å². The van der Waals surface area contributed by atoms with E-state index in [2.05, 4.69) is 36.1 Å². The number of nitrogen functional groups attached to an aromatic ring is 1. The monoisotopic (exact) mass is 385 g/mol. The summed E-state index contributed by atoms with van der Waals surface area (Å²) >= 11 is 0. The summed E-state index contributed by atoms with van der Waals surface area (Å²) in [4.78, 5) is 21.3. The molecule has 0 atom stereocenters. The molecule has 0 fully saturated rings. The van der Waals surface area contributed by atoms with Crippen LogP contribution in [-0.2, 0) is 16.9 Å². The van der Waals surface area contributed by atoms with Crippen LogP contribution in [0.25, 0.3) is 11.0 Å². The Labute approximate surface area is 162 Å². The van der Waals surface area contributed by atoms with Crippen LogP contribution < -0.4 is 11.1 Å². The minimum Gasteiger partial charge on any atom is -0.383 e. The first-order valence-corrected chi connectivity index (χ1v) is 8.99. The average molecular weight is 385 g/mol. The quantitative estimate of drug-likeness (QED) is 0.675. The van der Waals surface area contributed by atoms with E-state index in [0.717, 1.165) is 6.42 Å². The number of rotatable bonds is 6. The van der Waals surface area contributed by atoms with Gasteiger partial charge in [0.15, 0.2) is 0 Å². The Morgan fingerprint density at radius 1 is 1.36 bits per heavy atom. The number of aromatic nitrogens is 3. The number of anilines is 2. The summed E-state index contributed by atoms with van der Waals surface area (Å²) in [6.07, 6.45) is 3.93. The molecule has 1 amide bonds. The number of amides is 1. The van der Waals surface area contributed by atoms with Crippen LogP contribution in [0.1, 0.15) is 43.1 Å². The third-order valence-electron chi connectivity index (χ3n) is 4.99. The molecular formula is C20H24FN5O2. The Morgan fingerprint density at radius 2 is 2.11 bits per heavy atom. The average Bonchev–Trinajstić information content (AvgIpc) is 3.06. The molecule has 0 saturated heterocycles. The van der Waals surface area contributed by atoms with Gasteiger partial charge in [0.25, 0.3) is 5.91 Å². The Balaban J connectivity index is 2.01. The SMILES string of the molecule is CCC(C)(C)n1cc(C(=O)Nc2ccc(COC)c(F)c2)c2c(N)ncnc21. The van der Waals surface area contributed by atoms with Gasteiger partial charge < -0.3 is 20.4 Å². The standard InChI is InChI=1S/C20H24FN5O2/c1-5-20(2,3)26-9-14(16-17(22)23-11-24-18(16)26)19(27)25-13-7-6-12(10-28-4)15(21)8-13/h6-9,11H,5,10H2,1-4H3,(H,25,27)(H2,22,23,24). The van der Waals surface area contributed by atoms with Crippen LogP contribution in [0, 0.1) is 5.82 Å². The van der Waals surface area contributed by atoms with Crippen molar-refractivity contribution in [3.05, 3.63) is 47.7 Å². The first kappa shape index (κ1) is 19.8. The Kier molecular flexibility index (Phi) is 5.33. The lowest BCUT2D eigenvalue weighted by Gasteiger charge is -2.25. The summed E-state index contributed by atoms with van der Waals surface area (Å²) in [6, 6.07) is 4.47. The molecule has 0 spiro atoms. The van der Waals surface area contributed by atoms with Gasteiger partial charge in [-0.05, 0) is 32.4 Å². The molecule has 0 aliphatic carbocycles. The fraction of sp³-hybridized carbons (Fsp3) is 0.350. The molecule has 0 saturated carbocycles. The molecule has 3 aromatic rings. The van der Waals surface area contributed by atoms with Gasteiger partial charge in [-0.1, -0.05) is 13.0 Å². The largest absolute Gasteiger partial charge is 0.383 e. The zero-order valence-electron chi connectivity index (χ0n) is 16.4. The highest BCUT2D eigenvalue weighted by molar-refractivity contribution is 6.14. The molecule has 8 heteroatoms. The molecule has 3 rings (SSSR count). The fourth-order valence-corrected chi connectivity index (χ4v) is 2.99. The van der Waals surface area contributed by atoms with Gasteiger partial charge >= 0.3 is 0 Å². The van der Waals surface area contributed by atoms with E-state index in [9.17, 15) is 9.18 Å². The van der Waals surface area contributed by atoms with E-state index in [0.29, 0.717) is 27.8 Å². The van der Waals surface area contributed by atoms with Crippen LogP contribution in [0.5, 0.6) is 0 Å². The first-order chi connectivity index (χ1) is 13.3.